The van der Waals surface area contributed by atoms with E-state index in [1.165, 1.54) is 5.56 Å². The molecule has 0 unspecified atom stereocenters. The average molecular weight is 355 g/mol. The molecule has 1 N–H and O–H groups in total. The molecule has 138 valence electrons. The van der Waals surface area contributed by atoms with Crippen LogP contribution in [-0.2, 0) is 4.79 Å². The predicted molar refractivity (Wildman–Crippen MR) is 101 cm³/mol. The van der Waals surface area contributed by atoms with Crippen LogP contribution in [0.1, 0.15) is 35.7 Å². The third-order valence-electron chi connectivity index (χ3n) is 3.78. The van der Waals surface area contributed by atoms with Crippen molar-refractivity contribution in [2.75, 3.05) is 19.8 Å². The minimum absolute atomic E-state index is 0.0564. The molecule has 0 heterocycles. The number of ketones is 1. The van der Waals surface area contributed by atoms with Crippen molar-refractivity contribution in [1.29, 1.82) is 0 Å². The maximum absolute atomic E-state index is 12.1. The van der Waals surface area contributed by atoms with Crippen LogP contribution in [0.4, 0.5) is 0 Å². The van der Waals surface area contributed by atoms with E-state index in [1.54, 1.807) is 24.3 Å². The maximum atomic E-state index is 12.1. The first-order valence-corrected chi connectivity index (χ1v) is 8.80. The molecule has 0 spiro atoms. The van der Waals surface area contributed by atoms with Crippen molar-refractivity contribution in [3.8, 4) is 11.5 Å². The lowest BCUT2D eigenvalue weighted by Crippen LogP contribution is -2.28. The summed E-state index contributed by atoms with van der Waals surface area (Å²) in [6, 6.07) is 14.7. The minimum Gasteiger partial charge on any atom is -0.494 e. The third-order valence-corrected chi connectivity index (χ3v) is 3.78. The van der Waals surface area contributed by atoms with Crippen LogP contribution < -0.4 is 14.8 Å². The number of amides is 1. The number of rotatable bonds is 10. The van der Waals surface area contributed by atoms with E-state index in [9.17, 15) is 9.59 Å². The van der Waals surface area contributed by atoms with Crippen molar-refractivity contribution in [2.24, 2.45) is 0 Å². The van der Waals surface area contributed by atoms with Crippen molar-refractivity contribution in [3.63, 3.8) is 0 Å². The molecule has 0 bridgehead atoms. The fourth-order valence-corrected chi connectivity index (χ4v) is 2.36. The number of ether oxygens (including phenoxy) is 2. The number of Topliss-reactive ketones (excluding diaryl/α,β-unsaturated/α-hetero) is 1. The molecule has 2 rings (SSSR count). The Morgan fingerprint density at radius 1 is 0.885 bits per heavy atom. The molecular formula is C21H25NO4. The number of nitrogens with one attached hydrogen (secondary N) is 1. The molecule has 0 aliphatic carbocycles. The fourth-order valence-electron chi connectivity index (χ4n) is 2.36. The highest BCUT2D eigenvalue weighted by Crippen LogP contribution is 2.14. The lowest BCUT2D eigenvalue weighted by Gasteiger charge is -2.08. The van der Waals surface area contributed by atoms with Crippen molar-refractivity contribution in [3.05, 3.63) is 59.7 Å². The second kappa shape index (κ2) is 10.2. The molecule has 5 heteroatoms. The summed E-state index contributed by atoms with van der Waals surface area (Å²) >= 11 is 0. The summed E-state index contributed by atoms with van der Waals surface area (Å²) in [7, 11) is 0. The maximum Gasteiger partial charge on any atom is 0.220 e. The van der Waals surface area contributed by atoms with Gasteiger partial charge in [0.2, 0.25) is 5.91 Å². The Labute approximate surface area is 154 Å². The average Bonchev–Trinajstić information content (AvgIpc) is 2.65. The van der Waals surface area contributed by atoms with Crippen molar-refractivity contribution < 1.29 is 19.1 Å². The molecule has 1 amide bonds. The van der Waals surface area contributed by atoms with Gasteiger partial charge in [0.05, 0.1) is 13.2 Å². The quantitative estimate of drug-likeness (QED) is 0.523. The first kappa shape index (κ1) is 19.5. The van der Waals surface area contributed by atoms with E-state index in [2.05, 4.69) is 5.32 Å². The smallest absolute Gasteiger partial charge is 0.220 e. The zero-order valence-electron chi connectivity index (χ0n) is 15.3. The van der Waals surface area contributed by atoms with Gasteiger partial charge in [0.15, 0.2) is 5.78 Å². The molecule has 0 aromatic heterocycles. The highest BCUT2D eigenvalue weighted by atomic mass is 16.5. The number of hydrogen-bond donors (Lipinski definition) is 1. The van der Waals surface area contributed by atoms with Gasteiger partial charge >= 0.3 is 0 Å². The van der Waals surface area contributed by atoms with Gasteiger partial charge in [-0.3, -0.25) is 9.59 Å². The summed E-state index contributed by atoms with van der Waals surface area (Å²) in [5.74, 6) is 1.29. The first-order valence-electron chi connectivity index (χ1n) is 8.80. The molecule has 0 saturated carbocycles. The summed E-state index contributed by atoms with van der Waals surface area (Å²) in [6.07, 6.45) is 0.342. The Kier molecular flexibility index (Phi) is 7.68. The van der Waals surface area contributed by atoms with E-state index >= 15 is 0 Å². The molecule has 0 saturated heterocycles. The standard InChI is InChI=1S/C21H25NO4/c1-3-25-18-10-6-17(7-11-18)20(23)12-13-21(24)22-14-15-26-19-8-4-16(2)5-9-19/h4-11H,3,12-15H2,1-2H3,(H,22,24). The molecule has 0 aliphatic rings. The van der Waals surface area contributed by atoms with E-state index in [-0.39, 0.29) is 24.5 Å². The second-order valence-electron chi connectivity index (χ2n) is 5.89. The lowest BCUT2D eigenvalue weighted by molar-refractivity contribution is -0.121. The number of benzene rings is 2. The highest BCUT2D eigenvalue weighted by molar-refractivity contribution is 5.98. The van der Waals surface area contributed by atoms with Crippen LogP contribution in [0.3, 0.4) is 0 Å². The van der Waals surface area contributed by atoms with E-state index in [4.69, 9.17) is 9.47 Å². The minimum atomic E-state index is -0.156. The van der Waals surface area contributed by atoms with Crippen LogP contribution in [0.25, 0.3) is 0 Å². The summed E-state index contributed by atoms with van der Waals surface area (Å²) in [5, 5.41) is 2.76. The summed E-state index contributed by atoms with van der Waals surface area (Å²) < 4.78 is 10.9. The van der Waals surface area contributed by atoms with Crippen LogP contribution in [-0.4, -0.2) is 31.4 Å². The molecule has 0 fully saturated rings. The van der Waals surface area contributed by atoms with E-state index in [0.29, 0.717) is 25.3 Å². The number of hydrogen-bond acceptors (Lipinski definition) is 4. The SMILES string of the molecule is CCOc1ccc(C(=O)CCC(=O)NCCOc2ccc(C)cc2)cc1. The zero-order valence-corrected chi connectivity index (χ0v) is 15.3. The summed E-state index contributed by atoms with van der Waals surface area (Å²) in [4.78, 5) is 24.0. The Morgan fingerprint density at radius 3 is 2.15 bits per heavy atom. The van der Waals surface area contributed by atoms with Crippen molar-refractivity contribution in [2.45, 2.75) is 26.7 Å². The molecule has 2 aromatic rings. The Hall–Kier alpha value is -2.82. The van der Waals surface area contributed by atoms with Gasteiger partial charge in [-0.1, -0.05) is 17.7 Å². The van der Waals surface area contributed by atoms with Crippen molar-refractivity contribution in [1.82, 2.24) is 5.32 Å². The fraction of sp³-hybridized carbons (Fsp3) is 0.333. The molecule has 2 aromatic carbocycles. The van der Waals surface area contributed by atoms with Crippen LogP contribution in [0.5, 0.6) is 11.5 Å². The molecule has 0 atom stereocenters. The summed E-state index contributed by atoms with van der Waals surface area (Å²) in [6.45, 7) is 5.30. The van der Waals surface area contributed by atoms with Crippen LogP contribution in [0.2, 0.25) is 0 Å². The highest BCUT2D eigenvalue weighted by Gasteiger charge is 2.09. The van der Waals surface area contributed by atoms with Gasteiger partial charge < -0.3 is 14.8 Å². The van der Waals surface area contributed by atoms with E-state index in [0.717, 1.165) is 11.5 Å². The first-order chi connectivity index (χ1) is 12.6. The van der Waals surface area contributed by atoms with Gasteiger partial charge in [-0.25, -0.2) is 0 Å². The number of carbonyl (C=O) groups excluding carboxylic acids is 2. The van der Waals surface area contributed by atoms with Gasteiger partial charge in [0.1, 0.15) is 18.1 Å². The van der Waals surface area contributed by atoms with Gasteiger partial charge in [-0.15, -0.1) is 0 Å². The number of aryl methyl sites for hydroxylation is 1. The Balaban J connectivity index is 1.64. The third kappa shape index (κ3) is 6.59. The second-order valence-corrected chi connectivity index (χ2v) is 5.89. The van der Waals surface area contributed by atoms with Crippen LogP contribution in [0, 0.1) is 6.92 Å². The molecular weight excluding hydrogens is 330 g/mol. The van der Waals surface area contributed by atoms with Gasteiger partial charge in [-0.05, 0) is 50.2 Å². The number of carbonyl (C=O) groups is 2. The molecule has 26 heavy (non-hydrogen) atoms. The predicted octanol–water partition coefficient (Wildman–Crippen LogP) is 3.55. The van der Waals surface area contributed by atoms with Crippen LogP contribution >= 0.6 is 0 Å². The lowest BCUT2D eigenvalue weighted by atomic mass is 10.1. The van der Waals surface area contributed by atoms with Gasteiger partial charge in [-0.2, -0.15) is 0 Å². The normalized spacial score (nSPS) is 10.2. The Morgan fingerprint density at radius 2 is 1.50 bits per heavy atom. The topological polar surface area (TPSA) is 64.6 Å². The zero-order chi connectivity index (χ0) is 18.8. The molecule has 5 nitrogen and oxygen atoms in total. The van der Waals surface area contributed by atoms with E-state index in [1.807, 2.05) is 38.1 Å². The van der Waals surface area contributed by atoms with Crippen molar-refractivity contribution >= 4 is 11.7 Å². The summed E-state index contributed by atoms with van der Waals surface area (Å²) in [5.41, 5.74) is 1.76. The Bertz CT molecular complexity index is 708. The monoisotopic (exact) mass is 355 g/mol. The van der Waals surface area contributed by atoms with Gasteiger partial charge in [0.25, 0.3) is 0 Å². The largest absolute Gasteiger partial charge is 0.494 e. The molecule has 0 radical (unpaired) electrons. The van der Waals surface area contributed by atoms with Crippen LogP contribution in [0.15, 0.2) is 48.5 Å². The van der Waals surface area contributed by atoms with Gasteiger partial charge in [0, 0.05) is 18.4 Å². The van der Waals surface area contributed by atoms with E-state index < -0.39 is 0 Å². The molecule has 0 aliphatic heterocycles.